The lowest BCUT2D eigenvalue weighted by atomic mass is 10.0. The summed E-state index contributed by atoms with van der Waals surface area (Å²) in [6.45, 7) is 1.12. The summed E-state index contributed by atoms with van der Waals surface area (Å²) >= 11 is 7.39. The lowest BCUT2D eigenvalue weighted by molar-refractivity contribution is 0.147. The first-order chi connectivity index (χ1) is 11.7. The molecule has 0 bridgehead atoms. The highest BCUT2D eigenvalue weighted by Gasteiger charge is 2.35. The predicted molar refractivity (Wildman–Crippen MR) is 92.4 cm³/mol. The first-order valence-corrected chi connectivity index (χ1v) is 8.64. The second-order valence-corrected chi connectivity index (χ2v) is 6.86. The smallest absolute Gasteiger partial charge is 0.321 e. The Balaban J connectivity index is 1.34. The fourth-order valence-electron chi connectivity index (χ4n) is 2.44. The number of nitrogens with zero attached hydrogens (tertiary/aromatic N) is 3. The minimum Gasteiger partial charge on any atom is -0.339 e. The van der Waals surface area contributed by atoms with Gasteiger partial charge in [0.05, 0.1) is 10.8 Å². The van der Waals surface area contributed by atoms with Crippen molar-refractivity contribution in [2.24, 2.45) is 0 Å². The van der Waals surface area contributed by atoms with Crippen molar-refractivity contribution in [3.05, 3.63) is 52.7 Å². The Labute approximate surface area is 147 Å². The number of benzene rings is 1. The number of hydrogen-bond donors (Lipinski definition) is 1. The van der Waals surface area contributed by atoms with Gasteiger partial charge in [0, 0.05) is 23.8 Å². The third kappa shape index (κ3) is 3.00. The van der Waals surface area contributed by atoms with E-state index in [0.29, 0.717) is 35.5 Å². The van der Waals surface area contributed by atoms with Gasteiger partial charge in [0.1, 0.15) is 0 Å². The summed E-state index contributed by atoms with van der Waals surface area (Å²) in [6, 6.07) is 10.8. The van der Waals surface area contributed by atoms with Gasteiger partial charge in [-0.3, -0.25) is 0 Å². The fourth-order valence-corrected chi connectivity index (χ4v) is 3.22. The summed E-state index contributed by atoms with van der Waals surface area (Å²) in [5.74, 6) is 1.26. The van der Waals surface area contributed by atoms with Gasteiger partial charge < -0.3 is 14.7 Å². The molecule has 3 heterocycles. The molecule has 0 saturated carbocycles. The van der Waals surface area contributed by atoms with Gasteiger partial charge >= 0.3 is 6.03 Å². The maximum absolute atomic E-state index is 12.2. The maximum Gasteiger partial charge on any atom is 0.321 e. The molecule has 2 amide bonds. The number of carbonyl (C=O) groups excluding carboxylic acids is 1. The van der Waals surface area contributed by atoms with Crippen molar-refractivity contribution < 1.29 is 9.32 Å². The minimum atomic E-state index is -0.147. The van der Waals surface area contributed by atoms with E-state index in [9.17, 15) is 4.79 Å². The molecule has 8 heteroatoms. The van der Waals surface area contributed by atoms with E-state index in [1.807, 2.05) is 17.5 Å². The van der Waals surface area contributed by atoms with Crippen LogP contribution in [0.15, 0.2) is 46.3 Å². The van der Waals surface area contributed by atoms with Crippen LogP contribution in [0.4, 0.5) is 10.5 Å². The van der Waals surface area contributed by atoms with Crippen molar-refractivity contribution in [1.29, 1.82) is 0 Å². The van der Waals surface area contributed by atoms with Crippen LogP contribution in [0.5, 0.6) is 0 Å². The van der Waals surface area contributed by atoms with E-state index < -0.39 is 0 Å². The third-order valence-corrected chi connectivity index (χ3v) is 4.91. The summed E-state index contributed by atoms with van der Waals surface area (Å²) in [5.41, 5.74) is 0.714. The lowest BCUT2D eigenvalue weighted by Crippen LogP contribution is -2.50. The van der Waals surface area contributed by atoms with Crippen LogP contribution in [0.3, 0.4) is 0 Å². The quantitative estimate of drug-likeness (QED) is 0.763. The second-order valence-electron chi connectivity index (χ2n) is 5.47. The third-order valence-electron chi connectivity index (χ3n) is 3.80. The van der Waals surface area contributed by atoms with Gasteiger partial charge in [-0.1, -0.05) is 22.8 Å². The SMILES string of the molecule is O=C(Nc1ccc(Cl)cc1)N1CC(c2nc(-c3cccs3)no2)C1. The number of amides is 2. The van der Waals surface area contributed by atoms with Crippen LogP contribution < -0.4 is 5.32 Å². The van der Waals surface area contributed by atoms with Crippen molar-refractivity contribution in [1.82, 2.24) is 15.0 Å². The molecule has 1 aliphatic rings. The van der Waals surface area contributed by atoms with Crippen LogP contribution in [0.25, 0.3) is 10.7 Å². The summed E-state index contributed by atoms with van der Waals surface area (Å²) < 4.78 is 5.32. The number of likely N-dealkylation sites (tertiary alicyclic amines) is 1. The normalized spacial score (nSPS) is 14.5. The van der Waals surface area contributed by atoms with Crippen LogP contribution in [-0.4, -0.2) is 34.2 Å². The molecule has 1 aromatic carbocycles. The molecular weight excluding hydrogens is 348 g/mol. The molecule has 0 unspecified atom stereocenters. The van der Waals surface area contributed by atoms with Crippen LogP contribution in [0, 0.1) is 0 Å². The summed E-state index contributed by atoms with van der Waals surface area (Å²) in [4.78, 5) is 19.3. The van der Waals surface area contributed by atoms with E-state index in [-0.39, 0.29) is 11.9 Å². The molecular formula is C16H13ClN4O2S. The van der Waals surface area contributed by atoms with Gasteiger partial charge in [-0.05, 0) is 35.7 Å². The molecule has 0 atom stereocenters. The second kappa shape index (κ2) is 6.26. The van der Waals surface area contributed by atoms with Crippen molar-refractivity contribution in [2.45, 2.75) is 5.92 Å². The number of thiophene rings is 1. The molecule has 0 radical (unpaired) electrons. The number of halogens is 1. The highest BCUT2D eigenvalue weighted by Crippen LogP contribution is 2.29. The van der Waals surface area contributed by atoms with Crippen molar-refractivity contribution >= 4 is 34.7 Å². The molecule has 122 valence electrons. The number of rotatable bonds is 3. The Kier molecular flexibility index (Phi) is 3.95. The average molecular weight is 361 g/mol. The topological polar surface area (TPSA) is 71.3 Å². The molecule has 2 aromatic heterocycles. The van der Waals surface area contributed by atoms with Crippen LogP contribution in [0.2, 0.25) is 5.02 Å². The summed E-state index contributed by atoms with van der Waals surface area (Å²) in [5, 5.41) is 9.44. The maximum atomic E-state index is 12.2. The van der Waals surface area contributed by atoms with E-state index >= 15 is 0 Å². The fraction of sp³-hybridized carbons (Fsp3) is 0.188. The van der Waals surface area contributed by atoms with E-state index in [0.717, 1.165) is 4.88 Å². The lowest BCUT2D eigenvalue weighted by Gasteiger charge is -2.36. The minimum absolute atomic E-state index is 0.0854. The first-order valence-electron chi connectivity index (χ1n) is 7.38. The Morgan fingerprint density at radius 3 is 2.79 bits per heavy atom. The van der Waals surface area contributed by atoms with E-state index in [1.165, 1.54) is 0 Å². The number of aromatic nitrogens is 2. The van der Waals surface area contributed by atoms with E-state index in [4.69, 9.17) is 16.1 Å². The molecule has 6 nitrogen and oxygen atoms in total. The predicted octanol–water partition coefficient (Wildman–Crippen LogP) is 4.08. The van der Waals surface area contributed by atoms with Crippen molar-refractivity contribution in [3.63, 3.8) is 0 Å². The first kappa shape index (κ1) is 15.2. The Morgan fingerprint density at radius 1 is 1.29 bits per heavy atom. The van der Waals surface area contributed by atoms with E-state index in [1.54, 1.807) is 40.5 Å². The van der Waals surface area contributed by atoms with E-state index in [2.05, 4.69) is 15.5 Å². The Morgan fingerprint density at radius 2 is 2.08 bits per heavy atom. The Bertz CT molecular complexity index is 841. The number of carbonyl (C=O) groups is 1. The van der Waals surface area contributed by atoms with Gasteiger partial charge in [-0.15, -0.1) is 11.3 Å². The molecule has 24 heavy (non-hydrogen) atoms. The number of anilines is 1. The van der Waals surface area contributed by atoms with Crippen molar-refractivity contribution in [3.8, 4) is 10.7 Å². The summed E-state index contributed by atoms with van der Waals surface area (Å²) in [6.07, 6.45) is 0. The number of nitrogens with one attached hydrogen (secondary N) is 1. The van der Waals surface area contributed by atoms with Crippen LogP contribution in [-0.2, 0) is 0 Å². The average Bonchev–Trinajstić information content (AvgIpc) is 3.19. The van der Waals surface area contributed by atoms with Crippen LogP contribution in [0.1, 0.15) is 11.8 Å². The van der Waals surface area contributed by atoms with Gasteiger partial charge in [0.25, 0.3) is 0 Å². The standard InChI is InChI=1S/C16H13ClN4O2S/c17-11-3-5-12(6-4-11)18-16(22)21-8-10(9-21)15-19-14(20-23-15)13-2-1-7-24-13/h1-7,10H,8-9H2,(H,18,22). The molecule has 1 saturated heterocycles. The molecule has 1 aliphatic heterocycles. The molecule has 0 spiro atoms. The van der Waals surface area contributed by atoms with Gasteiger partial charge in [-0.25, -0.2) is 4.79 Å². The van der Waals surface area contributed by atoms with Crippen LogP contribution >= 0.6 is 22.9 Å². The zero-order chi connectivity index (χ0) is 16.5. The molecule has 4 rings (SSSR count). The zero-order valence-corrected chi connectivity index (χ0v) is 14.0. The largest absolute Gasteiger partial charge is 0.339 e. The highest BCUT2D eigenvalue weighted by molar-refractivity contribution is 7.13. The molecule has 1 N–H and O–H groups in total. The number of hydrogen-bond acceptors (Lipinski definition) is 5. The zero-order valence-electron chi connectivity index (χ0n) is 12.5. The summed E-state index contributed by atoms with van der Waals surface area (Å²) in [7, 11) is 0. The molecule has 0 aliphatic carbocycles. The van der Waals surface area contributed by atoms with Gasteiger partial charge in [0.2, 0.25) is 11.7 Å². The van der Waals surface area contributed by atoms with Gasteiger partial charge in [-0.2, -0.15) is 4.98 Å². The number of urea groups is 1. The van der Waals surface area contributed by atoms with Gasteiger partial charge in [0.15, 0.2) is 0 Å². The Hall–Kier alpha value is -2.38. The molecule has 1 fully saturated rings. The van der Waals surface area contributed by atoms with Crippen molar-refractivity contribution in [2.75, 3.05) is 18.4 Å². The highest BCUT2D eigenvalue weighted by atomic mass is 35.5. The monoisotopic (exact) mass is 360 g/mol. The molecule has 3 aromatic rings.